The van der Waals surface area contributed by atoms with Crippen LogP contribution in [-0.4, -0.2) is 18.0 Å². The van der Waals surface area contributed by atoms with E-state index in [9.17, 15) is 0 Å². The van der Waals surface area contributed by atoms with Gasteiger partial charge in [-0.3, -0.25) is 0 Å². The Labute approximate surface area is 119 Å². The van der Waals surface area contributed by atoms with Gasteiger partial charge >= 0.3 is 0 Å². The summed E-state index contributed by atoms with van der Waals surface area (Å²) in [4.78, 5) is 2.40. The third-order valence-electron chi connectivity index (χ3n) is 3.47. The van der Waals surface area contributed by atoms with E-state index in [1.165, 1.54) is 48.9 Å². The zero-order valence-corrected chi connectivity index (χ0v) is 12.9. The lowest BCUT2D eigenvalue weighted by atomic mass is 10.0. The molecule has 0 aliphatic heterocycles. The van der Waals surface area contributed by atoms with Gasteiger partial charge in [-0.25, -0.2) is 0 Å². The highest BCUT2D eigenvalue weighted by molar-refractivity contribution is 5.62. The van der Waals surface area contributed by atoms with Gasteiger partial charge in [0.15, 0.2) is 0 Å². The number of benzene rings is 1. The highest BCUT2D eigenvalue weighted by atomic mass is 15.1. The first-order chi connectivity index (χ1) is 9.22. The Morgan fingerprint density at radius 2 is 1.53 bits per heavy atom. The van der Waals surface area contributed by atoms with E-state index < -0.39 is 0 Å². The molecule has 0 aromatic heterocycles. The van der Waals surface area contributed by atoms with Crippen molar-refractivity contribution in [1.29, 1.82) is 0 Å². The van der Waals surface area contributed by atoms with Gasteiger partial charge in [0, 0.05) is 18.8 Å². The van der Waals surface area contributed by atoms with Gasteiger partial charge in [-0.2, -0.15) is 0 Å². The van der Waals surface area contributed by atoms with E-state index in [1.807, 2.05) is 0 Å². The third-order valence-corrected chi connectivity index (χ3v) is 3.47. The Hall–Kier alpha value is -1.24. The lowest BCUT2D eigenvalue weighted by Crippen LogP contribution is -2.23. The Morgan fingerprint density at radius 1 is 0.947 bits per heavy atom. The largest absolute Gasteiger partial charge is 0.372 e. The zero-order chi connectivity index (χ0) is 14.1. The molecule has 1 aromatic rings. The molecule has 19 heavy (non-hydrogen) atoms. The number of rotatable bonds is 9. The molecule has 1 rings (SSSR count). The van der Waals surface area contributed by atoms with Crippen LogP contribution in [0.1, 0.15) is 57.6 Å². The standard InChI is InChI=1S/C18H29N/c1-5-8-9-17-10-12-18(13-11-17)16(4)19(14-6-2)15-7-3/h10-13H,4-9,14-15H2,1-3H3. The van der Waals surface area contributed by atoms with Crippen LogP contribution < -0.4 is 0 Å². The minimum Gasteiger partial charge on any atom is -0.372 e. The maximum absolute atomic E-state index is 4.28. The maximum Gasteiger partial charge on any atom is 0.0366 e. The summed E-state index contributed by atoms with van der Waals surface area (Å²) in [6, 6.07) is 8.97. The van der Waals surface area contributed by atoms with Crippen LogP contribution >= 0.6 is 0 Å². The van der Waals surface area contributed by atoms with Gasteiger partial charge in [0.05, 0.1) is 0 Å². The van der Waals surface area contributed by atoms with Crippen molar-refractivity contribution >= 4 is 5.70 Å². The molecule has 0 saturated carbocycles. The van der Waals surface area contributed by atoms with Gasteiger partial charge in [-0.15, -0.1) is 0 Å². The van der Waals surface area contributed by atoms with Crippen molar-refractivity contribution in [2.45, 2.75) is 52.9 Å². The van der Waals surface area contributed by atoms with Crippen LogP contribution in [0.5, 0.6) is 0 Å². The summed E-state index contributed by atoms with van der Waals surface area (Å²) in [6.07, 6.45) is 6.07. The number of aryl methyl sites for hydroxylation is 1. The molecule has 1 heteroatoms. The normalized spacial score (nSPS) is 10.5. The predicted octanol–water partition coefficient (Wildman–Crippen LogP) is 5.12. The summed E-state index contributed by atoms with van der Waals surface area (Å²) < 4.78 is 0. The fourth-order valence-electron chi connectivity index (χ4n) is 2.35. The van der Waals surface area contributed by atoms with Crippen molar-refractivity contribution < 1.29 is 0 Å². The van der Waals surface area contributed by atoms with Gasteiger partial charge in [0.2, 0.25) is 0 Å². The minimum atomic E-state index is 1.10. The molecule has 0 heterocycles. The molecule has 106 valence electrons. The highest BCUT2D eigenvalue weighted by Crippen LogP contribution is 2.19. The first kappa shape index (κ1) is 15.8. The molecule has 1 nitrogen and oxygen atoms in total. The van der Waals surface area contributed by atoms with Crippen molar-refractivity contribution in [3.05, 3.63) is 42.0 Å². The molecular weight excluding hydrogens is 230 g/mol. The van der Waals surface area contributed by atoms with Crippen LogP contribution in [0.25, 0.3) is 5.70 Å². The second-order valence-electron chi connectivity index (χ2n) is 5.23. The van der Waals surface area contributed by atoms with Crippen LogP contribution in [0.15, 0.2) is 30.8 Å². The quantitative estimate of drug-likeness (QED) is 0.595. The summed E-state index contributed by atoms with van der Waals surface area (Å²) in [6.45, 7) is 13.2. The van der Waals surface area contributed by atoms with Crippen LogP contribution in [0.2, 0.25) is 0 Å². The summed E-state index contributed by atoms with van der Waals surface area (Å²) in [5.41, 5.74) is 3.88. The van der Waals surface area contributed by atoms with Crippen molar-refractivity contribution in [3.63, 3.8) is 0 Å². The van der Waals surface area contributed by atoms with Crippen molar-refractivity contribution in [3.8, 4) is 0 Å². The molecule has 0 amide bonds. The topological polar surface area (TPSA) is 3.24 Å². The summed E-state index contributed by atoms with van der Waals surface area (Å²) in [5.74, 6) is 0. The van der Waals surface area contributed by atoms with E-state index in [0.29, 0.717) is 0 Å². The number of unbranched alkanes of at least 4 members (excludes halogenated alkanes) is 1. The van der Waals surface area contributed by atoms with Gasteiger partial charge in [-0.1, -0.05) is 58.0 Å². The maximum atomic E-state index is 4.28. The number of hydrogen-bond acceptors (Lipinski definition) is 1. The Morgan fingerprint density at radius 3 is 2.00 bits per heavy atom. The zero-order valence-electron chi connectivity index (χ0n) is 12.9. The van der Waals surface area contributed by atoms with E-state index in [2.05, 4.69) is 56.5 Å². The van der Waals surface area contributed by atoms with Crippen molar-refractivity contribution in [2.75, 3.05) is 13.1 Å². The molecule has 0 radical (unpaired) electrons. The van der Waals surface area contributed by atoms with E-state index in [1.54, 1.807) is 0 Å². The highest BCUT2D eigenvalue weighted by Gasteiger charge is 2.07. The second kappa shape index (κ2) is 8.79. The van der Waals surface area contributed by atoms with Crippen molar-refractivity contribution in [1.82, 2.24) is 4.90 Å². The summed E-state index contributed by atoms with van der Waals surface area (Å²) in [5, 5.41) is 0. The smallest absolute Gasteiger partial charge is 0.0366 e. The molecule has 0 unspecified atom stereocenters. The minimum absolute atomic E-state index is 1.10. The molecule has 0 saturated heterocycles. The van der Waals surface area contributed by atoms with Gasteiger partial charge in [0.25, 0.3) is 0 Å². The molecule has 0 aliphatic rings. The SMILES string of the molecule is C=C(c1ccc(CCCC)cc1)N(CCC)CCC. The molecule has 0 atom stereocenters. The van der Waals surface area contributed by atoms with Crippen LogP contribution in [-0.2, 0) is 6.42 Å². The van der Waals surface area contributed by atoms with Crippen LogP contribution in [0, 0.1) is 0 Å². The van der Waals surface area contributed by atoms with Gasteiger partial charge < -0.3 is 4.90 Å². The van der Waals surface area contributed by atoms with E-state index in [4.69, 9.17) is 0 Å². The molecule has 0 spiro atoms. The number of hydrogen-bond donors (Lipinski definition) is 0. The molecule has 1 aromatic carbocycles. The second-order valence-corrected chi connectivity index (χ2v) is 5.23. The average Bonchev–Trinajstić information content (AvgIpc) is 2.44. The fourth-order valence-corrected chi connectivity index (χ4v) is 2.35. The Balaban J connectivity index is 2.69. The van der Waals surface area contributed by atoms with E-state index in [0.717, 1.165) is 13.1 Å². The lowest BCUT2D eigenvalue weighted by molar-refractivity contribution is 0.397. The Bertz CT molecular complexity index is 358. The van der Waals surface area contributed by atoms with Crippen molar-refractivity contribution in [2.24, 2.45) is 0 Å². The first-order valence-electron chi connectivity index (χ1n) is 7.76. The molecule has 0 N–H and O–H groups in total. The summed E-state index contributed by atoms with van der Waals surface area (Å²) >= 11 is 0. The Kier molecular flexibility index (Phi) is 7.32. The third kappa shape index (κ3) is 5.10. The van der Waals surface area contributed by atoms with Gasteiger partial charge in [-0.05, 0) is 36.8 Å². The predicted molar refractivity (Wildman–Crippen MR) is 86.2 cm³/mol. The summed E-state index contributed by atoms with van der Waals surface area (Å²) in [7, 11) is 0. The molecule has 0 aliphatic carbocycles. The fraction of sp³-hybridized carbons (Fsp3) is 0.556. The average molecular weight is 259 g/mol. The van der Waals surface area contributed by atoms with Crippen LogP contribution in [0.3, 0.4) is 0 Å². The number of nitrogens with zero attached hydrogens (tertiary/aromatic N) is 1. The molecular formula is C18H29N. The lowest BCUT2D eigenvalue weighted by Gasteiger charge is -2.26. The first-order valence-corrected chi connectivity index (χ1v) is 7.76. The van der Waals surface area contributed by atoms with Crippen LogP contribution in [0.4, 0.5) is 0 Å². The molecule has 0 fully saturated rings. The molecule has 0 bridgehead atoms. The monoisotopic (exact) mass is 259 g/mol. The van der Waals surface area contributed by atoms with E-state index in [-0.39, 0.29) is 0 Å². The van der Waals surface area contributed by atoms with Gasteiger partial charge in [0.1, 0.15) is 0 Å². The van der Waals surface area contributed by atoms with E-state index >= 15 is 0 Å².